The maximum Gasteiger partial charge on any atom is 0.269 e. The van der Waals surface area contributed by atoms with Crippen LogP contribution in [0.4, 0.5) is 5.69 Å². The van der Waals surface area contributed by atoms with Gasteiger partial charge in [-0.2, -0.15) is 0 Å². The molecule has 0 atom stereocenters. The van der Waals surface area contributed by atoms with E-state index in [4.69, 9.17) is 4.74 Å². The summed E-state index contributed by atoms with van der Waals surface area (Å²) in [7, 11) is 1.62. The Hall–Kier alpha value is -3.67. The van der Waals surface area contributed by atoms with Gasteiger partial charge < -0.3 is 15.4 Å². The lowest BCUT2D eigenvalue weighted by atomic mass is 10.1. The van der Waals surface area contributed by atoms with Gasteiger partial charge in [-0.15, -0.1) is 0 Å². The topological polar surface area (TPSA) is 80.3 Å². The minimum Gasteiger partial charge on any atom is -0.497 e. The van der Waals surface area contributed by atoms with Gasteiger partial charge in [0.2, 0.25) is 0 Å². The van der Waals surface area contributed by atoms with Gasteiger partial charge in [-0.1, -0.05) is 30.3 Å². The Bertz CT molecular complexity index is 958. The largest absolute Gasteiger partial charge is 0.497 e. The van der Waals surface area contributed by atoms with Gasteiger partial charge in [-0.05, 0) is 48.4 Å². The number of nitrogens with zero attached hydrogens (tertiary/aromatic N) is 1. The molecule has 3 rings (SSSR count). The zero-order valence-electron chi connectivity index (χ0n) is 15.5. The average molecular weight is 375 g/mol. The third-order valence-corrected chi connectivity index (χ3v) is 4.12. The fourth-order valence-electron chi connectivity index (χ4n) is 2.66. The molecule has 0 saturated heterocycles. The van der Waals surface area contributed by atoms with Crippen molar-refractivity contribution in [3.8, 4) is 5.75 Å². The molecule has 0 spiro atoms. The number of methoxy groups -OCH3 is 1. The number of carbonyl (C=O) groups excluding carboxylic acids is 2. The van der Waals surface area contributed by atoms with Gasteiger partial charge in [-0.25, -0.2) is 0 Å². The van der Waals surface area contributed by atoms with Crippen molar-refractivity contribution in [2.24, 2.45) is 0 Å². The lowest BCUT2D eigenvalue weighted by Gasteiger charge is -2.08. The van der Waals surface area contributed by atoms with Crippen molar-refractivity contribution in [3.63, 3.8) is 0 Å². The lowest BCUT2D eigenvalue weighted by Crippen LogP contribution is -2.27. The number of hydrogen-bond acceptors (Lipinski definition) is 4. The Morgan fingerprint density at radius 3 is 2.57 bits per heavy atom. The van der Waals surface area contributed by atoms with Crippen molar-refractivity contribution in [1.29, 1.82) is 0 Å². The second kappa shape index (κ2) is 9.32. The van der Waals surface area contributed by atoms with Crippen LogP contribution in [0.25, 0.3) is 0 Å². The molecule has 1 heterocycles. The Kier molecular flexibility index (Phi) is 6.36. The molecular weight excluding hydrogens is 354 g/mol. The van der Waals surface area contributed by atoms with Crippen molar-refractivity contribution in [2.45, 2.75) is 6.42 Å². The number of nitrogens with one attached hydrogen (secondary N) is 2. The van der Waals surface area contributed by atoms with E-state index in [1.54, 1.807) is 25.3 Å². The maximum absolute atomic E-state index is 12.4. The van der Waals surface area contributed by atoms with Crippen molar-refractivity contribution >= 4 is 17.5 Å². The average Bonchev–Trinajstić information content (AvgIpc) is 2.74. The summed E-state index contributed by atoms with van der Waals surface area (Å²) < 4.78 is 5.19. The Morgan fingerprint density at radius 1 is 0.964 bits per heavy atom. The molecule has 0 saturated carbocycles. The summed E-state index contributed by atoms with van der Waals surface area (Å²) in [6.45, 7) is 0.453. The first kappa shape index (κ1) is 19.1. The molecule has 28 heavy (non-hydrogen) atoms. The van der Waals surface area contributed by atoms with Crippen molar-refractivity contribution in [1.82, 2.24) is 10.3 Å². The molecule has 0 radical (unpaired) electrons. The van der Waals surface area contributed by atoms with Crippen LogP contribution in [0.3, 0.4) is 0 Å². The van der Waals surface area contributed by atoms with Crippen LogP contribution < -0.4 is 15.4 Å². The smallest absolute Gasteiger partial charge is 0.269 e. The van der Waals surface area contributed by atoms with E-state index in [-0.39, 0.29) is 17.5 Å². The summed E-state index contributed by atoms with van der Waals surface area (Å²) in [5.41, 5.74) is 2.32. The van der Waals surface area contributed by atoms with E-state index in [1.807, 2.05) is 42.5 Å². The van der Waals surface area contributed by atoms with Gasteiger partial charge in [0, 0.05) is 24.0 Å². The molecule has 0 aliphatic rings. The number of aromatic nitrogens is 1. The van der Waals surface area contributed by atoms with E-state index >= 15 is 0 Å². The highest BCUT2D eigenvalue weighted by Gasteiger charge is 2.12. The number of carbonyl (C=O) groups is 2. The number of hydrogen-bond donors (Lipinski definition) is 2. The minimum absolute atomic E-state index is 0.200. The van der Waals surface area contributed by atoms with Crippen molar-refractivity contribution in [3.05, 3.63) is 89.7 Å². The predicted molar refractivity (Wildman–Crippen MR) is 108 cm³/mol. The highest BCUT2D eigenvalue weighted by atomic mass is 16.5. The summed E-state index contributed by atoms with van der Waals surface area (Å²) in [6, 6.07) is 19.9. The second-order valence-electron chi connectivity index (χ2n) is 6.11. The van der Waals surface area contributed by atoms with Gasteiger partial charge in [-0.3, -0.25) is 14.6 Å². The fourth-order valence-corrected chi connectivity index (χ4v) is 2.66. The Balaban J connectivity index is 1.58. The third kappa shape index (κ3) is 5.17. The lowest BCUT2D eigenvalue weighted by molar-refractivity contribution is 0.0949. The first-order chi connectivity index (χ1) is 13.7. The molecule has 2 aromatic carbocycles. The van der Waals surface area contributed by atoms with Gasteiger partial charge in [0.05, 0.1) is 7.11 Å². The molecule has 0 bridgehead atoms. The van der Waals surface area contributed by atoms with Crippen LogP contribution in [0, 0.1) is 0 Å². The van der Waals surface area contributed by atoms with Crippen molar-refractivity contribution in [2.75, 3.05) is 19.0 Å². The van der Waals surface area contributed by atoms with E-state index in [2.05, 4.69) is 15.6 Å². The standard InChI is InChI=1S/C22H21N3O3/c1-28-19-9-5-6-16(14-19)10-12-24-22(27)20-15-17(11-13-23-20)21(26)25-18-7-3-2-4-8-18/h2-9,11,13-15H,10,12H2,1H3,(H,24,27)(H,25,26). The summed E-state index contributed by atoms with van der Waals surface area (Å²) >= 11 is 0. The number of ether oxygens (including phenoxy) is 1. The van der Waals surface area contributed by atoms with Gasteiger partial charge in [0.25, 0.3) is 11.8 Å². The summed E-state index contributed by atoms with van der Waals surface area (Å²) in [4.78, 5) is 28.8. The molecule has 2 amide bonds. The molecule has 0 fully saturated rings. The first-order valence-electron chi connectivity index (χ1n) is 8.89. The van der Waals surface area contributed by atoms with Crippen LogP contribution >= 0.6 is 0 Å². The van der Waals surface area contributed by atoms with Crippen molar-refractivity contribution < 1.29 is 14.3 Å². The number of pyridine rings is 1. The van der Waals surface area contributed by atoms with Gasteiger partial charge >= 0.3 is 0 Å². The Morgan fingerprint density at radius 2 is 1.79 bits per heavy atom. The predicted octanol–water partition coefficient (Wildman–Crippen LogP) is 3.32. The first-order valence-corrected chi connectivity index (χ1v) is 8.89. The highest BCUT2D eigenvalue weighted by molar-refractivity contribution is 6.05. The number of para-hydroxylation sites is 1. The Labute approximate surface area is 163 Å². The fraction of sp³-hybridized carbons (Fsp3) is 0.136. The molecule has 2 N–H and O–H groups in total. The molecule has 3 aromatic rings. The molecule has 6 nitrogen and oxygen atoms in total. The van der Waals surface area contributed by atoms with E-state index in [1.165, 1.54) is 12.3 Å². The molecular formula is C22H21N3O3. The summed E-state index contributed by atoms with van der Waals surface area (Å²) in [6.07, 6.45) is 2.12. The molecule has 0 unspecified atom stereocenters. The van der Waals surface area contributed by atoms with Crippen LogP contribution in [-0.4, -0.2) is 30.5 Å². The van der Waals surface area contributed by atoms with E-state index in [0.717, 1.165) is 11.3 Å². The molecule has 0 aliphatic carbocycles. The van der Waals surface area contributed by atoms with E-state index in [0.29, 0.717) is 24.2 Å². The summed E-state index contributed by atoms with van der Waals surface area (Å²) in [5, 5.41) is 5.62. The van der Waals surface area contributed by atoms with Crippen LogP contribution in [-0.2, 0) is 6.42 Å². The minimum atomic E-state index is -0.322. The number of anilines is 1. The molecule has 1 aromatic heterocycles. The quantitative estimate of drug-likeness (QED) is 0.664. The number of rotatable bonds is 7. The number of benzene rings is 2. The zero-order valence-corrected chi connectivity index (χ0v) is 15.5. The van der Waals surface area contributed by atoms with Gasteiger partial charge in [0.15, 0.2) is 0 Å². The van der Waals surface area contributed by atoms with Crippen LogP contribution in [0.5, 0.6) is 5.75 Å². The third-order valence-electron chi connectivity index (χ3n) is 4.12. The van der Waals surface area contributed by atoms with Crippen LogP contribution in [0.2, 0.25) is 0 Å². The molecule has 0 aliphatic heterocycles. The monoisotopic (exact) mass is 375 g/mol. The van der Waals surface area contributed by atoms with Crippen LogP contribution in [0.1, 0.15) is 26.4 Å². The highest BCUT2D eigenvalue weighted by Crippen LogP contribution is 2.13. The summed E-state index contributed by atoms with van der Waals surface area (Å²) in [5.74, 6) is 0.166. The zero-order chi connectivity index (χ0) is 19.8. The van der Waals surface area contributed by atoms with E-state index < -0.39 is 0 Å². The van der Waals surface area contributed by atoms with Gasteiger partial charge in [0.1, 0.15) is 11.4 Å². The van der Waals surface area contributed by atoms with E-state index in [9.17, 15) is 9.59 Å². The van der Waals surface area contributed by atoms with Crippen LogP contribution in [0.15, 0.2) is 72.9 Å². The SMILES string of the molecule is COc1cccc(CCNC(=O)c2cc(C(=O)Nc3ccccc3)ccn2)c1. The number of amides is 2. The maximum atomic E-state index is 12.4. The molecule has 142 valence electrons. The normalized spacial score (nSPS) is 10.2. The second-order valence-corrected chi connectivity index (χ2v) is 6.11. The molecule has 6 heteroatoms.